The summed E-state index contributed by atoms with van der Waals surface area (Å²) < 4.78 is 5.43. The van der Waals surface area contributed by atoms with Gasteiger partial charge in [-0.15, -0.1) is 0 Å². The quantitative estimate of drug-likeness (QED) is 0.393. The monoisotopic (exact) mass is 380 g/mol. The maximum atomic E-state index is 12.7. The first-order valence-electron chi connectivity index (χ1n) is 9.32. The van der Waals surface area contributed by atoms with Crippen LogP contribution in [0, 0.1) is 11.8 Å². The summed E-state index contributed by atoms with van der Waals surface area (Å²) in [6.45, 7) is 9.84. The summed E-state index contributed by atoms with van der Waals surface area (Å²) in [5, 5.41) is 30.0. The molecule has 1 aliphatic rings. The van der Waals surface area contributed by atoms with Gasteiger partial charge in [0.25, 0.3) is 0 Å². The van der Waals surface area contributed by atoms with Crippen molar-refractivity contribution in [3.05, 3.63) is 35.5 Å². The third kappa shape index (κ3) is 6.13. The number of aliphatic hydroxyl groups excluding tert-OH is 2. The van der Waals surface area contributed by atoms with Crippen molar-refractivity contribution in [2.75, 3.05) is 13.2 Å². The summed E-state index contributed by atoms with van der Waals surface area (Å²) in [6.07, 6.45) is 3.93. The molecule has 6 nitrogen and oxygen atoms in total. The predicted molar refractivity (Wildman–Crippen MR) is 103 cm³/mol. The van der Waals surface area contributed by atoms with Gasteiger partial charge in [-0.2, -0.15) is 0 Å². The summed E-state index contributed by atoms with van der Waals surface area (Å²) in [7, 11) is 0. The normalized spacial score (nSPS) is 35.5. The SMILES string of the molecule is C=C1/C=C(\CO)[C@H](CC)OC(=O)[C@H](C)C(=O)[C@](O)(CO)C/C(C)=C/[C@@H](C)C1. The lowest BCUT2D eigenvalue weighted by Crippen LogP contribution is -2.48. The number of carbonyl (C=O) groups excluding carboxylic acids is 2. The second kappa shape index (κ2) is 9.97. The van der Waals surface area contributed by atoms with Crippen LogP contribution in [0.25, 0.3) is 0 Å². The number of esters is 1. The molecule has 1 rings (SSSR count). The van der Waals surface area contributed by atoms with E-state index >= 15 is 0 Å². The molecule has 0 bridgehead atoms. The van der Waals surface area contributed by atoms with Gasteiger partial charge in [-0.1, -0.05) is 43.7 Å². The van der Waals surface area contributed by atoms with Crippen LogP contribution in [-0.2, 0) is 14.3 Å². The maximum Gasteiger partial charge on any atom is 0.316 e. The van der Waals surface area contributed by atoms with Crippen molar-refractivity contribution in [2.24, 2.45) is 11.8 Å². The number of cyclic esters (lactones) is 1. The molecule has 1 aliphatic heterocycles. The predicted octanol–water partition coefficient (Wildman–Crippen LogP) is 2.09. The van der Waals surface area contributed by atoms with Crippen LogP contribution in [0.4, 0.5) is 0 Å². The Kier molecular flexibility index (Phi) is 8.59. The van der Waals surface area contributed by atoms with E-state index in [-0.39, 0.29) is 18.9 Å². The Morgan fingerprint density at radius 3 is 2.44 bits per heavy atom. The third-order valence-electron chi connectivity index (χ3n) is 4.81. The van der Waals surface area contributed by atoms with Gasteiger partial charge in [-0.05, 0) is 38.2 Å². The number of ketones is 1. The fourth-order valence-corrected chi connectivity index (χ4v) is 3.43. The van der Waals surface area contributed by atoms with Crippen LogP contribution in [-0.4, -0.2) is 52.0 Å². The van der Waals surface area contributed by atoms with Gasteiger partial charge in [0.2, 0.25) is 0 Å². The van der Waals surface area contributed by atoms with E-state index < -0.39 is 36.0 Å². The van der Waals surface area contributed by atoms with E-state index in [0.29, 0.717) is 18.4 Å². The molecular formula is C21H32O6. The average molecular weight is 380 g/mol. The van der Waals surface area contributed by atoms with Gasteiger partial charge in [0.05, 0.1) is 13.2 Å². The van der Waals surface area contributed by atoms with Gasteiger partial charge >= 0.3 is 5.97 Å². The van der Waals surface area contributed by atoms with E-state index in [1.807, 2.05) is 13.0 Å². The van der Waals surface area contributed by atoms with Gasteiger partial charge in [0, 0.05) is 6.42 Å². The van der Waals surface area contributed by atoms with Crippen LogP contribution in [0.1, 0.15) is 47.0 Å². The zero-order valence-corrected chi connectivity index (χ0v) is 16.7. The molecule has 0 saturated heterocycles. The molecule has 3 N–H and O–H groups in total. The highest BCUT2D eigenvalue weighted by atomic mass is 16.5. The van der Waals surface area contributed by atoms with Crippen molar-refractivity contribution in [3.63, 3.8) is 0 Å². The molecule has 0 aliphatic carbocycles. The molecule has 6 heteroatoms. The minimum atomic E-state index is -2.04. The Labute approximate surface area is 161 Å². The molecule has 27 heavy (non-hydrogen) atoms. The molecule has 152 valence electrons. The lowest BCUT2D eigenvalue weighted by molar-refractivity contribution is -0.162. The highest BCUT2D eigenvalue weighted by molar-refractivity contribution is 6.03. The molecule has 0 aromatic carbocycles. The van der Waals surface area contributed by atoms with Gasteiger partial charge in [-0.25, -0.2) is 0 Å². The topological polar surface area (TPSA) is 104 Å². The second-order valence-electron chi connectivity index (χ2n) is 7.52. The molecule has 0 fully saturated rings. The fraction of sp³-hybridized carbons (Fsp3) is 0.619. The van der Waals surface area contributed by atoms with E-state index in [1.165, 1.54) is 6.92 Å². The summed E-state index contributed by atoms with van der Waals surface area (Å²) in [5.41, 5.74) is -0.0192. The zero-order chi connectivity index (χ0) is 20.8. The molecule has 0 aromatic heterocycles. The Balaban J connectivity index is 3.37. The van der Waals surface area contributed by atoms with Crippen molar-refractivity contribution in [3.8, 4) is 0 Å². The second-order valence-corrected chi connectivity index (χ2v) is 7.52. The molecule has 0 saturated carbocycles. The molecule has 0 amide bonds. The van der Waals surface area contributed by atoms with E-state index in [4.69, 9.17) is 4.74 Å². The summed E-state index contributed by atoms with van der Waals surface area (Å²) in [5.74, 6) is -2.74. The number of hydrogen-bond donors (Lipinski definition) is 3. The standard InChI is InChI=1S/C21H32O6/c1-6-18-17(11-22)9-14(3)7-13(2)8-15(4)10-21(26,12-23)19(24)16(5)20(25)27-18/h8-9,13,16,18,22-23,26H,3,6-7,10-12H2,1-2,4-5H3/b15-8+,17-9+/t13-,16+,18-,21+/m0/s1. The Morgan fingerprint density at radius 2 is 1.93 bits per heavy atom. The highest BCUT2D eigenvalue weighted by Gasteiger charge is 2.42. The number of carbonyl (C=O) groups is 2. The first-order chi connectivity index (χ1) is 12.6. The first kappa shape index (κ1) is 23.3. The number of allylic oxidation sites excluding steroid dienone is 3. The van der Waals surface area contributed by atoms with Crippen LogP contribution >= 0.6 is 0 Å². The number of aliphatic hydroxyl groups is 3. The Bertz CT molecular complexity index is 633. The minimum absolute atomic E-state index is 0.0638. The van der Waals surface area contributed by atoms with Crippen LogP contribution in [0.5, 0.6) is 0 Å². The van der Waals surface area contributed by atoms with Gasteiger partial charge in [0.1, 0.15) is 12.0 Å². The van der Waals surface area contributed by atoms with Gasteiger partial charge in [-0.3, -0.25) is 9.59 Å². The number of ether oxygens (including phenoxy) is 1. The fourth-order valence-electron chi connectivity index (χ4n) is 3.43. The number of hydrogen-bond acceptors (Lipinski definition) is 6. The maximum absolute atomic E-state index is 12.7. The summed E-state index contributed by atoms with van der Waals surface area (Å²) >= 11 is 0. The summed E-state index contributed by atoms with van der Waals surface area (Å²) in [4.78, 5) is 25.1. The van der Waals surface area contributed by atoms with Crippen LogP contribution < -0.4 is 0 Å². The highest BCUT2D eigenvalue weighted by Crippen LogP contribution is 2.26. The molecule has 4 atom stereocenters. The van der Waals surface area contributed by atoms with Crippen molar-refractivity contribution in [2.45, 2.75) is 58.7 Å². The molecule has 0 unspecified atom stereocenters. The molecule has 0 aromatic rings. The smallest absolute Gasteiger partial charge is 0.316 e. The van der Waals surface area contributed by atoms with E-state index in [0.717, 1.165) is 11.1 Å². The number of rotatable bonds is 3. The molecule has 1 heterocycles. The van der Waals surface area contributed by atoms with E-state index in [9.17, 15) is 24.9 Å². The van der Waals surface area contributed by atoms with Crippen LogP contribution in [0.15, 0.2) is 35.5 Å². The van der Waals surface area contributed by atoms with E-state index in [2.05, 4.69) is 6.58 Å². The lowest BCUT2D eigenvalue weighted by Gasteiger charge is -2.29. The zero-order valence-electron chi connectivity index (χ0n) is 16.7. The molecule has 0 radical (unpaired) electrons. The minimum Gasteiger partial charge on any atom is -0.457 e. The lowest BCUT2D eigenvalue weighted by atomic mass is 9.84. The van der Waals surface area contributed by atoms with Crippen molar-refractivity contribution in [1.29, 1.82) is 0 Å². The van der Waals surface area contributed by atoms with Crippen molar-refractivity contribution in [1.82, 2.24) is 0 Å². The first-order valence-corrected chi connectivity index (χ1v) is 9.32. The summed E-state index contributed by atoms with van der Waals surface area (Å²) in [6, 6.07) is 0. The van der Waals surface area contributed by atoms with Gasteiger partial charge in [0.15, 0.2) is 11.4 Å². The molecular weight excluding hydrogens is 348 g/mol. The van der Waals surface area contributed by atoms with Crippen LogP contribution in [0.2, 0.25) is 0 Å². The Morgan fingerprint density at radius 1 is 1.30 bits per heavy atom. The average Bonchev–Trinajstić information content (AvgIpc) is 2.61. The van der Waals surface area contributed by atoms with Gasteiger partial charge < -0.3 is 20.1 Å². The third-order valence-corrected chi connectivity index (χ3v) is 4.81. The molecule has 0 spiro atoms. The van der Waals surface area contributed by atoms with Crippen LogP contribution in [0.3, 0.4) is 0 Å². The number of Topliss-reactive ketones (excluding diaryl/α,β-unsaturated/α-hetero) is 1. The largest absolute Gasteiger partial charge is 0.457 e. The van der Waals surface area contributed by atoms with Crippen molar-refractivity contribution >= 4 is 11.8 Å². The van der Waals surface area contributed by atoms with E-state index in [1.54, 1.807) is 19.9 Å². The van der Waals surface area contributed by atoms with Crippen molar-refractivity contribution < 1.29 is 29.6 Å². The Hall–Kier alpha value is -1.76.